The van der Waals surface area contributed by atoms with Gasteiger partial charge in [0.2, 0.25) is 5.88 Å². The monoisotopic (exact) mass is 317 g/mol. The van der Waals surface area contributed by atoms with Crippen molar-refractivity contribution >= 4 is 17.5 Å². The van der Waals surface area contributed by atoms with Gasteiger partial charge in [-0.2, -0.15) is 0 Å². The van der Waals surface area contributed by atoms with Crippen molar-refractivity contribution in [3.63, 3.8) is 0 Å². The molecule has 0 spiro atoms. The van der Waals surface area contributed by atoms with Crippen molar-refractivity contribution in [2.45, 2.75) is 12.8 Å². The summed E-state index contributed by atoms with van der Waals surface area (Å²) in [5.74, 6) is 0.450. The molecule has 2 aromatic rings. The second kappa shape index (κ2) is 6.32. The summed E-state index contributed by atoms with van der Waals surface area (Å²) in [6.07, 6.45) is 2.12. The Hall–Kier alpha value is -2.14. The van der Waals surface area contributed by atoms with Gasteiger partial charge in [-0.05, 0) is 31.0 Å². The number of hydrogen-bond acceptors (Lipinski definition) is 4. The van der Waals surface area contributed by atoms with Crippen molar-refractivity contribution in [1.82, 2.24) is 15.1 Å². The van der Waals surface area contributed by atoms with E-state index in [0.717, 1.165) is 31.5 Å². The topological polar surface area (TPSA) is 55.3 Å². The molecule has 0 unspecified atom stereocenters. The van der Waals surface area contributed by atoms with Crippen molar-refractivity contribution in [3.8, 4) is 17.1 Å². The number of carbonyl (C=O) groups excluding carboxylic acids is 1. The number of benzene rings is 1. The van der Waals surface area contributed by atoms with Crippen LogP contribution in [0.4, 0.5) is 0 Å². The van der Waals surface area contributed by atoms with E-state index in [1.165, 1.54) is 0 Å². The maximum Gasteiger partial charge on any atom is 0.255 e. The molecule has 1 aromatic heterocycles. The van der Waals surface area contributed by atoms with Crippen LogP contribution in [-0.2, 0) is 0 Å². The smallest absolute Gasteiger partial charge is 0.255 e. The second-order valence-electron chi connectivity index (χ2n) is 5.15. The SMILES string of the molecule is COc1ccc(-c2ccc(C(=O)N3CCCC3)c(Cl)c2)nn1. The molecule has 1 aliphatic rings. The first-order valence-corrected chi connectivity index (χ1v) is 7.54. The summed E-state index contributed by atoms with van der Waals surface area (Å²) in [4.78, 5) is 14.2. The van der Waals surface area contributed by atoms with Crippen LogP contribution in [0, 0.1) is 0 Å². The first kappa shape index (κ1) is 14.8. The Morgan fingerprint density at radius 1 is 1.18 bits per heavy atom. The number of ether oxygens (including phenoxy) is 1. The van der Waals surface area contributed by atoms with Crippen LogP contribution in [0.5, 0.6) is 5.88 Å². The number of aromatic nitrogens is 2. The quantitative estimate of drug-likeness (QED) is 0.873. The first-order chi connectivity index (χ1) is 10.7. The van der Waals surface area contributed by atoms with Gasteiger partial charge >= 0.3 is 0 Å². The highest BCUT2D eigenvalue weighted by atomic mass is 35.5. The maximum absolute atomic E-state index is 12.4. The fourth-order valence-electron chi connectivity index (χ4n) is 2.52. The van der Waals surface area contributed by atoms with Gasteiger partial charge in [-0.1, -0.05) is 17.7 Å². The lowest BCUT2D eigenvalue weighted by atomic mass is 10.1. The summed E-state index contributed by atoms with van der Waals surface area (Å²) in [6, 6.07) is 8.89. The molecule has 0 radical (unpaired) electrons. The van der Waals surface area contributed by atoms with Crippen molar-refractivity contribution in [2.24, 2.45) is 0 Å². The molecule has 1 aromatic carbocycles. The van der Waals surface area contributed by atoms with Gasteiger partial charge in [-0.25, -0.2) is 0 Å². The minimum Gasteiger partial charge on any atom is -0.480 e. The Labute approximate surface area is 133 Å². The zero-order valence-corrected chi connectivity index (χ0v) is 13.0. The van der Waals surface area contributed by atoms with E-state index in [4.69, 9.17) is 16.3 Å². The standard InChI is InChI=1S/C16H16ClN3O2/c1-22-15-7-6-14(18-19-15)11-4-5-12(13(17)10-11)16(21)20-8-2-3-9-20/h4-7,10H,2-3,8-9H2,1H3. The van der Waals surface area contributed by atoms with E-state index < -0.39 is 0 Å². The van der Waals surface area contributed by atoms with E-state index in [9.17, 15) is 4.79 Å². The van der Waals surface area contributed by atoms with Gasteiger partial charge in [0.15, 0.2) is 0 Å². The zero-order chi connectivity index (χ0) is 15.5. The summed E-state index contributed by atoms with van der Waals surface area (Å²) in [7, 11) is 1.54. The van der Waals surface area contributed by atoms with Crippen LogP contribution < -0.4 is 4.74 Å². The molecule has 1 amide bonds. The van der Waals surface area contributed by atoms with Gasteiger partial charge < -0.3 is 9.64 Å². The highest BCUT2D eigenvalue weighted by molar-refractivity contribution is 6.34. The summed E-state index contributed by atoms with van der Waals surface area (Å²) in [5, 5.41) is 8.45. The summed E-state index contributed by atoms with van der Waals surface area (Å²) < 4.78 is 4.99. The fourth-order valence-corrected chi connectivity index (χ4v) is 2.78. The van der Waals surface area contributed by atoms with E-state index in [1.807, 2.05) is 11.0 Å². The lowest BCUT2D eigenvalue weighted by Gasteiger charge is -2.16. The van der Waals surface area contributed by atoms with Gasteiger partial charge in [0.25, 0.3) is 5.91 Å². The largest absolute Gasteiger partial charge is 0.480 e. The van der Waals surface area contributed by atoms with Crippen LogP contribution in [0.25, 0.3) is 11.3 Å². The number of amides is 1. The van der Waals surface area contributed by atoms with Gasteiger partial charge in [-0.3, -0.25) is 4.79 Å². The van der Waals surface area contributed by atoms with Gasteiger partial charge in [0.1, 0.15) is 0 Å². The lowest BCUT2D eigenvalue weighted by Crippen LogP contribution is -2.27. The van der Waals surface area contributed by atoms with Crippen LogP contribution in [0.1, 0.15) is 23.2 Å². The predicted molar refractivity (Wildman–Crippen MR) is 84.2 cm³/mol. The molecule has 114 valence electrons. The summed E-state index contributed by atoms with van der Waals surface area (Å²) >= 11 is 6.29. The highest BCUT2D eigenvalue weighted by Gasteiger charge is 2.21. The van der Waals surface area contributed by atoms with E-state index in [1.54, 1.807) is 31.4 Å². The molecule has 22 heavy (non-hydrogen) atoms. The average molecular weight is 318 g/mol. The van der Waals surface area contributed by atoms with Crippen LogP contribution in [-0.4, -0.2) is 41.2 Å². The van der Waals surface area contributed by atoms with Crippen LogP contribution in [0.3, 0.4) is 0 Å². The molecular formula is C16H16ClN3O2. The van der Waals surface area contributed by atoms with E-state index >= 15 is 0 Å². The minimum atomic E-state index is -0.00475. The average Bonchev–Trinajstić information content (AvgIpc) is 3.09. The number of rotatable bonds is 3. The lowest BCUT2D eigenvalue weighted by molar-refractivity contribution is 0.0793. The maximum atomic E-state index is 12.4. The van der Waals surface area contributed by atoms with Gasteiger partial charge in [0.05, 0.1) is 23.4 Å². The normalized spacial score (nSPS) is 14.2. The first-order valence-electron chi connectivity index (χ1n) is 7.16. The Balaban J connectivity index is 1.86. The van der Waals surface area contributed by atoms with Crippen LogP contribution >= 0.6 is 11.6 Å². The third kappa shape index (κ3) is 2.90. The molecule has 1 fully saturated rings. The van der Waals surface area contributed by atoms with Crippen molar-refractivity contribution in [3.05, 3.63) is 40.9 Å². The molecule has 0 N–H and O–H groups in total. The predicted octanol–water partition coefficient (Wildman–Crippen LogP) is 3.04. The zero-order valence-electron chi connectivity index (χ0n) is 12.3. The fraction of sp³-hybridized carbons (Fsp3) is 0.312. The molecule has 5 nitrogen and oxygen atoms in total. The number of likely N-dealkylation sites (tertiary alicyclic amines) is 1. The molecule has 1 saturated heterocycles. The molecule has 1 aliphatic heterocycles. The summed E-state index contributed by atoms with van der Waals surface area (Å²) in [6.45, 7) is 1.61. The molecule has 0 atom stereocenters. The van der Waals surface area contributed by atoms with Crippen molar-refractivity contribution in [1.29, 1.82) is 0 Å². The minimum absolute atomic E-state index is 0.00475. The Morgan fingerprint density at radius 2 is 1.95 bits per heavy atom. The van der Waals surface area contributed by atoms with Crippen molar-refractivity contribution in [2.75, 3.05) is 20.2 Å². The Bertz CT molecular complexity index is 682. The number of hydrogen-bond donors (Lipinski definition) is 0. The molecule has 0 aliphatic carbocycles. The Kier molecular flexibility index (Phi) is 4.24. The third-order valence-corrected chi connectivity index (χ3v) is 4.05. The van der Waals surface area contributed by atoms with Crippen molar-refractivity contribution < 1.29 is 9.53 Å². The van der Waals surface area contributed by atoms with Crippen LogP contribution in [0.2, 0.25) is 5.02 Å². The van der Waals surface area contributed by atoms with E-state index in [0.29, 0.717) is 22.2 Å². The number of methoxy groups -OCH3 is 1. The molecule has 2 heterocycles. The molecular weight excluding hydrogens is 302 g/mol. The number of nitrogens with zero attached hydrogens (tertiary/aromatic N) is 3. The van der Waals surface area contributed by atoms with Gasteiger partial charge in [0, 0.05) is 24.7 Å². The molecule has 0 bridgehead atoms. The third-order valence-electron chi connectivity index (χ3n) is 3.74. The number of carbonyl (C=O) groups is 1. The second-order valence-corrected chi connectivity index (χ2v) is 5.56. The molecule has 0 saturated carbocycles. The van der Waals surface area contributed by atoms with Crippen LogP contribution in [0.15, 0.2) is 30.3 Å². The van der Waals surface area contributed by atoms with Gasteiger partial charge in [-0.15, -0.1) is 10.2 Å². The highest BCUT2D eigenvalue weighted by Crippen LogP contribution is 2.26. The Morgan fingerprint density at radius 3 is 2.55 bits per heavy atom. The summed E-state index contributed by atoms with van der Waals surface area (Å²) in [5.41, 5.74) is 2.04. The van der Waals surface area contributed by atoms with E-state index in [2.05, 4.69) is 10.2 Å². The molecule has 3 rings (SSSR count). The van der Waals surface area contributed by atoms with E-state index in [-0.39, 0.29) is 5.91 Å². The number of halogens is 1. The molecule has 6 heteroatoms.